The first-order valence-corrected chi connectivity index (χ1v) is 17.3. The number of hydrogen-bond acceptors (Lipinski definition) is 8. The number of benzene rings is 1. The number of aryl methyl sites for hydroxylation is 1. The van der Waals surface area contributed by atoms with E-state index in [2.05, 4.69) is 26.6 Å². The summed E-state index contributed by atoms with van der Waals surface area (Å²) >= 11 is 0. The summed E-state index contributed by atoms with van der Waals surface area (Å²) in [5.74, 6) is -7.94. The second-order valence-corrected chi connectivity index (χ2v) is 13.5. The molecule has 5 atom stereocenters. The normalized spacial score (nSPS) is 15.5. The second kappa shape index (κ2) is 20.6. The van der Waals surface area contributed by atoms with Gasteiger partial charge in [0, 0.05) is 19.5 Å². The number of nitrogens with zero attached hydrogens (tertiary/aromatic N) is 1. The van der Waals surface area contributed by atoms with Gasteiger partial charge < -0.3 is 41.7 Å². The molecule has 0 bridgehead atoms. The Labute approximate surface area is 297 Å². The van der Waals surface area contributed by atoms with E-state index in [1.807, 2.05) is 30.3 Å². The minimum atomic E-state index is -1.74. The van der Waals surface area contributed by atoms with Gasteiger partial charge in [0.1, 0.15) is 30.2 Å². The maximum absolute atomic E-state index is 13.6. The lowest BCUT2D eigenvalue weighted by molar-refractivity contribution is -0.144. The Morgan fingerprint density at radius 2 is 1.24 bits per heavy atom. The number of carbonyl (C=O) groups excluding carboxylic acids is 6. The molecule has 1 fully saturated rings. The summed E-state index contributed by atoms with van der Waals surface area (Å²) in [5, 5.41) is 31.2. The topological polar surface area (TPSA) is 240 Å². The Morgan fingerprint density at radius 3 is 1.76 bits per heavy atom. The Hall–Kier alpha value is -5.02. The van der Waals surface area contributed by atoms with Crippen LogP contribution in [-0.4, -0.2) is 106 Å². The predicted octanol–water partition coefficient (Wildman–Crippen LogP) is 0.337. The van der Waals surface area contributed by atoms with Gasteiger partial charge in [-0.1, -0.05) is 58.0 Å². The molecule has 1 aliphatic rings. The van der Waals surface area contributed by atoms with E-state index in [9.17, 15) is 48.6 Å². The number of hydrogen-bond donors (Lipinski definition) is 7. The molecular weight excluding hydrogens is 664 g/mol. The van der Waals surface area contributed by atoms with Crippen molar-refractivity contribution in [2.75, 3.05) is 13.1 Å². The summed E-state index contributed by atoms with van der Waals surface area (Å²) in [6, 6.07) is 2.41. The molecule has 6 amide bonds. The van der Waals surface area contributed by atoms with E-state index in [1.54, 1.807) is 27.7 Å². The molecule has 1 aromatic rings. The standard InChI is InChI=1S/C35H52N6O10/c1-20(2)17-26(35(50)51)39-33(48)25(19-29(44)45)37-32(47)24(18-28(43)41-15-9-10-16-41)38-34(49)30(21(3)4)40-31(46)22(5)36-27(42)14-13-23-11-7-6-8-12-23/h6-8,11-12,20-22,24-26,30H,9-10,13-19H2,1-5H3,(H,36,42)(H,37,47)(H,38,49)(H,39,48)(H,40,46)(H,44,45)(H,50,51). The van der Waals surface area contributed by atoms with Crippen molar-refractivity contribution in [2.45, 2.75) is 110 Å². The third kappa shape index (κ3) is 14.8. The zero-order valence-corrected chi connectivity index (χ0v) is 29.9. The van der Waals surface area contributed by atoms with Crippen LogP contribution in [0.3, 0.4) is 0 Å². The summed E-state index contributed by atoms with van der Waals surface area (Å²) in [7, 11) is 0. The molecule has 2 rings (SSSR count). The van der Waals surface area contributed by atoms with Crippen LogP contribution in [0.4, 0.5) is 0 Å². The molecule has 16 heteroatoms. The van der Waals surface area contributed by atoms with Crippen molar-refractivity contribution in [3.05, 3.63) is 35.9 Å². The number of nitrogens with one attached hydrogen (secondary N) is 5. The number of aliphatic carboxylic acids is 2. The molecule has 0 spiro atoms. The largest absolute Gasteiger partial charge is 0.481 e. The minimum absolute atomic E-state index is 0.0378. The fraction of sp³-hybridized carbons (Fsp3) is 0.600. The highest BCUT2D eigenvalue weighted by Gasteiger charge is 2.35. The van der Waals surface area contributed by atoms with Crippen LogP contribution in [0.1, 0.15) is 78.7 Å². The molecule has 0 saturated carbocycles. The maximum Gasteiger partial charge on any atom is 0.326 e. The molecule has 1 aromatic carbocycles. The number of carboxylic acid groups (broad SMARTS) is 2. The molecule has 5 unspecified atom stereocenters. The van der Waals surface area contributed by atoms with Gasteiger partial charge in [0.15, 0.2) is 0 Å². The summed E-state index contributed by atoms with van der Waals surface area (Å²) in [6.45, 7) is 9.09. The van der Waals surface area contributed by atoms with Gasteiger partial charge in [-0.2, -0.15) is 0 Å². The third-order valence-electron chi connectivity index (χ3n) is 8.31. The van der Waals surface area contributed by atoms with Crippen LogP contribution in [-0.2, 0) is 44.8 Å². The molecule has 7 N–H and O–H groups in total. The van der Waals surface area contributed by atoms with Crippen LogP contribution in [0.15, 0.2) is 30.3 Å². The number of carboxylic acids is 2. The fourth-order valence-corrected chi connectivity index (χ4v) is 5.46. The first kappa shape index (κ1) is 42.1. The van der Waals surface area contributed by atoms with Crippen LogP contribution in [0.5, 0.6) is 0 Å². The average molecular weight is 717 g/mol. The second-order valence-electron chi connectivity index (χ2n) is 13.5. The van der Waals surface area contributed by atoms with E-state index in [0.717, 1.165) is 18.4 Å². The van der Waals surface area contributed by atoms with Gasteiger partial charge in [0.25, 0.3) is 0 Å². The Bertz CT molecular complexity index is 1400. The molecule has 0 aliphatic carbocycles. The molecule has 1 heterocycles. The van der Waals surface area contributed by atoms with Crippen LogP contribution in [0, 0.1) is 11.8 Å². The third-order valence-corrected chi connectivity index (χ3v) is 8.31. The fourth-order valence-electron chi connectivity index (χ4n) is 5.46. The van der Waals surface area contributed by atoms with E-state index in [-0.39, 0.29) is 24.7 Å². The lowest BCUT2D eigenvalue weighted by Crippen LogP contribution is -2.60. The molecule has 51 heavy (non-hydrogen) atoms. The van der Waals surface area contributed by atoms with Crippen LogP contribution in [0.2, 0.25) is 0 Å². The summed E-state index contributed by atoms with van der Waals surface area (Å²) in [6.07, 6.45) is 0.690. The lowest BCUT2D eigenvalue weighted by atomic mass is 10.0. The van der Waals surface area contributed by atoms with Crippen molar-refractivity contribution in [3.63, 3.8) is 0 Å². The molecule has 0 aromatic heterocycles. The zero-order chi connectivity index (χ0) is 38.2. The first-order chi connectivity index (χ1) is 24.0. The van der Waals surface area contributed by atoms with Crippen molar-refractivity contribution in [3.8, 4) is 0 Å². The highest BCUT2D eigenvalue weighted by molar-refractivity contribution is 5.98. The summed E-state index contributed by atoms with van der Waals surface area (Å²) in [4.78, 5) is 104. The average Bonchev–Trinajstić information content (AvgIpc) is 3.60. The van der Waals surface area contributed by atoms with Gasteiger partial charge in [-0.3, -0.25) is 33.6 Å². The van der Waals surface area contributed by atoms with Gasteiger partial charge in [-0.25, -0.2) is 4.79 Å². The van der Waals surface area contributed by atoms with Crippen molar-refractivity contribution < 1.29 is 48.6 Å². The Morgan fingerprint density at radius 1 is 0.686 bits per heavy atom. The number of amides is 6. The molecule has 1 saturated heterocycles. The monoisotopic (exact) mass is 716 g/mol. The van der Waals surface area contributed by atoms with E-state index >= 15 is 0 Å². The van der Waals surface area contributed by atoms with Gasteiger partial charge >= 0.3 is 11.9 Å². The van der Waals surface area contributed by atoms with Crippen molar-refractivity contribution in [1.82, 2.24) is 31.5 Å². The molecule has 282 valence electrons. The number of carbonyl (C=O) groups is 8. The van der Waals surface area contributed by atoms with Crippen LogP contribution < -0.4 is 26.6 Å². The highest BCUT2D eigenvalue weighted by Crippen LogP contribution is 2.12. The molecular formula is C35H52N6O10. The maximum atomic E-state index is 13.6. The SMILES string of the molecule is CC(C)CC(NC(=O)C(CC(=O)O)NC(=O)C(CC(=O)N1CCCC1)NC(=O)C(NC(=O)C(C)NC(=O)CCc1ccccc1)C(C)C)C(=O)O. The Kier molecular flexibility index (Phi) is 17.0. The van der Waals surface area contributed by atoms with E-state index in [4.69, 9.17) is 0 Å². The van der Waals surface area contributed by atoms with Crippen molar-refractivity contribution in [2.24, 2.45) is 11.8 Å². The smallest absolute Gasteiger partial charge is 0.326 e. The highest BCUT2D eigenvalue weighted by atomic mass is 16.4. The molecule has 0 radical (unpaired) electrons. The van der Waals surface area contributed by atoms with Gasteiger partial charge in [0.05, 0.1) is 12.8 Å². The van der Waals surface area contributed by atoms with Crippen LogP contribution in [0.25, 0.3) is 0 Å². The Balaban J connectivity index is 2.20. The minimum Gasteiger partial charge on any atom is -0.481 e. The summed E-state index contributed by atoms with van der Waals surface area (Å²) < 4.78 is 0. The summed E-state index contributed by atoms with van der Waals surface area (Å²) in [5.41, 5.74) is 0.952. The zero-order valence-electron chi connectivity index (χ0n) is 29.9. The first-order valence-electron chi connectivity index (χ1n) is 17.3. The number of rotatable bonds is 20. The molecule has 1 aliphatic heterocycles. The lowest BCUT2D eigenvalue weighted by Gasteiger charge is -2.28. The quantitative estimate of drug-likeness (QED) is 0.0976. The predicted molar refractivity (Wildman–Crippen MR) is 185 cm³/mol. The van der Waals surface area contributed by atoms with Crippen molar-refractivity contribution in [1.29, 1.82) is 0 Å². The van der Waals surface area contributed by atoms with E-state index < -0.39 is 90.4 Å². The van der Waals surface area contributed by atoms with Crippen molar-refractivity contribution >= 4 is 47.4 Å². The van der Waals surface area contributed by atoms with Gasteiger partial charge in [-0.05, 0) is 50.0 Å². The molecule has 16 nitrogen and oxygen atoms in total. The van der Waals surface area contributed by atoms with Gasteiger partial charge in [0.2, 0.25) is 35.4 Å². The van der Waals surface area contributed by atoms with E-state index in [0.29, 0.717) is 19.5 Å². The van der Waals surface area contributed by atoms with Crippen LogP contribution >= 0.6 is 0 Å². The van der Waals surface area contributed by atoms with Gasteiger partial charge in [-0.15, -0.1) is 0 Å². The number of likely N-dealkylation sites (tertiary alicyclic amines) is 1. The van der Waals surface area contributed by atoms with E-state index in [1.165, 1.54) is 11.8 Å².